The second-order valence-corrected chi connectivity index (χ2v) is 26.2. The zero-order valence-corrected chi connectivity index (χ0v) is 66.2. The summed E-state index contributed by atoms with van der Waals surface area (Å²) in [5, 5.41) is 43.1. The molecule has 0 fully saturated rings. The van der Waals surface area contributed by atoms with E-state index in [-0.39, 0.29) is 76.9 Å². The smallest absolute Gasteiger partial charge is 0.313 e. The molecule has 0 saturated heterocycles. The van der Waals surface area contributed by atoms with Crippen LogP contribution < -0.4 is 42.1 Å². The highest BCUT2D eigenvalue weighted by Crippen LogP contribution is 2.26. The molecule has 0 aliphatic rings. The van der Waals surface area contributed by atoms with Crippen molar-refractivity contribution in [3.05, 3.63) is 376 Å². The number of ketones is 1. The third-order valence-corrected chi connectivity index (χ3v) is 17.6. The van der Waals surface area contributed by atoms with Crippen LogP contribution in [0.3, 0.4) is 0 Å². The molecule has 16 rings (SSSR count). The van der Waals surface area contributed by atoms with Crippen LogP contribution in [0.25, 0.3) is 33.2 Å². The minimum Gasteiger partial charge on any atom is -0.451 e. The molecule has 0 atom stereocenters. The van der Waals surface area contributed by atoms with Crippen molar-refractivity contribution in [2.45, 2.75) is 20.3 Å². The SMILES string of the molecule is C#Cc1cccc(C(=O)Nc2nc(NC(=O)c3ccc(N=[N+]=N)cc3)nn2-c2ccccc2)c1.C#Cc1cccc(C(=O)Nc2nc(NC(=O)c3cccc(N=[N+]=[N-])c3)n(-c3ccccc3)n2)c1.Cc1ccccc1C(=O)Cc1nc(NC(=O)c2cocn2)n(-c2ccccc2)n1.Cc1ccccc1C(=O)Nc1nc(NC(=O)c2ncco2)n(-c2ccccc2)n1. The topological polar surface area (TPSA) is 495 Å². The molecule has 0 saturated carbocycles. The maximum Gasteiger partial charge on any atom is 0.313 e. The quantitative estimate of drug-likeness (QED) is 0.00969. The van der Waals surface area contributed by atoms with E-state index in [4.69, 9.17) is 32.7 Å². The monoisotopic (exact) mass is 1670 g/mol. The number of nitrogens with one attached hydrogen (secondary N) is 8. The van der Waals surface area contributed by atoms with Crippen molar-refractivity contribution >= 4 is 100 Å². The average molecular weight is 1670 g/mol. The van der Waals surface area contributed by atoms with Crippen molar-refractivity contribution in [2.24, 2.45) is 10.2 Å². The van der Waals surface area contributed by atoms with Crippen LogP contribution in [0, 0.1) is 44.1 Å². The number of benzene rings is 10. The molecular formula is C89H66N27O10+. The maximum absolute atomic E-state index is 12.8. The highest BCUT2D eigenvalue weighted by atomic mass is 16.4. The van der Waals surface area contributed by atoms with Crippen LogP contribution in [0.4, 0.5) is 53.0 Å². The molecular weight excluding hydrogens is 1610 g/mol. The van der Waals surface area contributed by atoms with Gasteiger partial charge in [0, 0.05) is 55.1 Å². The number of para-hydroxylation sites is 4. The molecule has 126 heavy (non-hydrogen) atoms. The largest absolute Gasteiger partial charge is 0.451 e. The lowest BCUT2D eigenvalue weighted by atomic mass is 10.0. The molecule has 6 heterocycles. The Balaban J connectivity index is 0.000000144. The second kappa shape index (κ2) is 40.8. The first-order valence-electron chi connectivity index (χ1n) is 37.5. The summed E-state index contributed by atoms with van der Waals surface area (Å²) in [5.41, 5.74) is 24.1. The Morgan fingerprint density at radius 1 is 0.421 bits per heavy atom. The number of hydrogen-bond donors (Lipinski definition) is 8. The van der Waals surface area contributed by atoms with E-state index in [2.05, 4.69) is 119 Å². The summed E-state index contributed by atoms with van der Waals surface area (Å²) in [5.74, 6) is 2.33. The van der Waals surface area contributed by atoms with E-state index in [1.54, 1.807) is 146 Å². The fourth-order valence-electron chi connectivity index (χ4n) is 11.6. The lowest BCUT2D eigenvalue weighted by Crippen LogP contribution is -2.16. The number of azide groups is 1. The molecule has 0 bridgehead atoms. The lowest BCUT2D eigenvalue weighted by molar-refractivity contribution is 0.0982. The summed E-state index contributed by atoms with van der Waals surface area (Å²) in [6.07, 6.45) is 15.9. The van der Waals surface area contributed by atoms with Crippen LogP contribution in [0.5, 0.6) is 0 Å². The number of aromatic nitrogens is 14. The van der Waals surface area contributed by atoms with Crippen molar-refractivity contribution in [2.75, 3.05) is 37.2 Å². The molecule has 7 amide bonds. The normalized spacial score (nSPS) is 10.3. The third-order valence-electron chi connectivity index (χ3n) is 17.6. The van der Waals surface area contributed by atoms with Gasteiger partial charge < -0.3 is 8.83 Å². The summed E-state index contributed by atoms with van der Waals surface area (Å²) < 4.78 is 15.6. The van der Waals surface area contributed by atoms with Crippen molar-refractivity contribution in [3.8, 4) is 47.4 Å². The van der Waals surface area contributed by atoms with Gasteiger partial charge in [0.1, 0.15) is 18.1 Å². The number of aryl methyl sites for hydroxylation is 2. The van der Waals surface area contributed by atoms with Gasteiger partial charge in [0.2, 0.25) is 28.7 Å². The molecule has 0 radical (unpaired) electrons. The summed E-state index contributed by atoms with van der Waals surface area (Å²) in [4.78, 5) is 132. The first kappa shape index (κ1) is 84.8. The van der Waals surface area contributed by atoms with Gasteiger partial charge in [-0.05, 0) is 158 Å². The Labute approximate surface area is 714 Å². The fraction of sp³-hybridized carbons (Fsp3) is 0.0337. The van der Waals surface area contributed by atoms with Gasteiger partial charge in [-0.1, -0.05) is 156 Å². The first-order chi connectivity index (χ1) is 61.4. The van der Waals surface area contributed by atoms with Crippen molar-refractivity contribution in [1.29, 1.82) is 5.53 Å². The van der Waals surface area contributed by atoms with E-state index in [9.17, 15) is 38.4 Å². The summed E-state index contributed by atoms with van der Waals surface area (Å²) >= 11 is 0. The number of carbonyl (C=O) groups is 8. The maximum atomic E-state index is 12.8. The van der Waals surface area contributed by atoms with Gasteiger partial charge in [0.05, 0.1) is 35.4 Å². The first-order valence-corrected chi connectivity index (χ1v) is 37.5. The molecule has 616 valence electrons. The molecule has 0 unspecified atom stereocenters. The number of Topliss-reactive ketones (excluding diaryl/α,β-unsaturated/α-hetero) is 1. The van der Waals surface area contributed by atoms with Crippen LogP contribution in [0.2, 0.25) is 0 Å². The Hall–Kier alpha value is -19.1. The molecule has 0 spiro atoms. The zero-order valence-electron chi connectivity index (χ0n) is 66.2. The molecule has 37 nitrogen and oxygen atoms in total. The van der Waals surface area contributed by atoms with Crippen molar-refractivity contribution in [3.63, 3.8) is 0 Å². The number of terminal acetylenes is 2. The molecule has 16 aromatic rings. The molecule has 10 aromatic carbocycles. The average Bonchev–Trinajstić information content (AvgIpc) is 1.68. The van der Waals surface area contributed by atoms with Gasteiger partial charge in [-0.3, -0.25) is 75.6 Å². The van der Waals surface area contributed by atoms with Crippen LogP contribution in [0.1, 0.15) is 111 Å². The van der Waals surface area contributed by atoms with Crippen LogP contribution >= 0.6 is 0 Å². The van der Waals surface area contributed by atoms with E-state index in [1.165, 1.54) is 62.0 Å². The predicted molar refractivity (Wildman–Crippen MR) is 462 cm³/mol. The Morgan fingerprint density at radius 3 is 1.29 bits per heavy atom. The minimum atomic E-state index is -0.587. The van der Waals surface area contributed by atoms with Gasteiger partial charge in [-0.25, -0.2) is 9.97 Å². The Kier molecular flexibility index (Phi) is 27.5. The summed E-state index contributed by atoms with van der Waals surface area (Å²) in [6.45, 7) is 3.72. The number of oxazole rings is 2. The molecule has 37 heteroatoms. The standard InChI is InChI=1S/2C24H16N8O2.C21H17N5O3.C20H16N6O3/c1-2-16-8-6-9-17(14-16)21(33)26-23-28-24(32(30-23)20-12-4-3-5-13-20)27-22(34)18-10-7-11-19(15-18)29-31-25;1-2-16-7-6-8-18(15-16)22(34)27-24-28-23(30-32(24)20-9-4-3-5-10-20)26-21(33)17-11-13-19(14-12-17)29-31-25;1-14-7-5-6-10-16(14)18(27)11-19-23-21(24-20(28)17-12-29-13-22-17)26(25-19)15-8-3-2-4-9-15;1-13-7-5-6-10-15(13)16(27)22-19-24-20(23-17(28)18-21-11-12-29-18)26(25-19)14-8-3-2-4-9-14/h1,3-15H,(H2,26,27,28,30,33,34);1,3-15H,(H2-,25,26,27,28,29,30,33,34);2-10,12-13H,11H2,1H3,(H,23,24,25,28);2-12H,1H3,(H2,22,23,24,25,27,28)/p+1. The van der Waals surface area contributed by atoms with Crippen LogP contribution in [-0.2, 0) is 6.42 Å². The van der Waals surface area contributed by atoms with E-state index in [0.717, 1.165) is 11.1 Å². The number of anilines is 7. The number of carbonyl (C=O) groups excluding carboxylic acids is 8. The van der Waals surface area contributed by atoms with E-state index >= 15 is 0 Å². The molecule has 0 aliphatic carbocycles. The number of amides is 7. The van der Waals surface area contributed by atoms with E-state index in [0.29, 0.717) is 78.9 Å². The van der Waals surface area contributed by atoms with Gasteiger partial charge in [-0.2, -0.15) is 38.7 Å². The number of rotatable bonds is 23. The predicted octanol–water partition coefficient (Wildman–Crippen LogP) is 14.9. The van der Waals surface area contributed by atoms with Gasteiger partial charge in [0.25, 0.3) is 59.2 Å². The summed E-state index contributed by atoms with van der Waals surface area (Å²) in [6, 6.07) is 76.4. The molecule has 0 aliphatic heterocycles. The molecule has 6 aromatic heterocycles. The van der Waals surface area contributed by atoms with Crippen LogP contribution in [-0.4, -0.2) is 116 Å². The molecule has 8 N–H and O–H groups in total. The Morgan fingerprint density at radius 2 is 0.841 bits per heavy atom. The van der Waals surface area contributed by atoms with Gasteiger partial charge in [-0.15, -0.1) is 33.2 Å². The number of hydrogen-bond acceptors (Lipinski definition) is 23. The summed E-state index contributed by atoms with van der Waals surface area (Å²) in [7, 11) is 0. The fourth-order valence-corrected chi connectivity index (χ4v) is 11.6. The third kappa shape index (κ3) is 22.0. The van der Waals surface area contributed by atoms with Gasteiger partial charge in [0.15, 0.2) is 34.5 Å². The number of nitrogens with zero attached hydrogens (tertiary/aromatic N) is 19. The zero-order chi connectivity index (χ0) is 88.3. The second-order valence-electron chi connectivity index (χ2n) is 26.2. The minimum absolute atomic E-state index is 0.00329. The van der Waals surface area contributed by atoms with Crippen molar-refractivity contribution < 1.29 is 47.2 Å². The van der Waals surface area contributed by atoms with Gasteiger partial charge >= 0.3 is 5.91 Å². The highest BCUT2D eigenvalue weighted by molar-refractivity contribution is 6.08. The Bertz CT molecular complexity index is 6660. The van der Waals surface area contributed by atoms with E-state index < -0.39 is 35.4 Å². The van der Waals surface area contributed by atoms with Crippen molar-refractivity contribution in [1.82, 2.24) is 73.9 Å². The van der Waals surface area contributed by atoms with Crippen LogP contribution in [0.15, 0.2) is 311 Å². The highest BCUT2D eigenvalue weighted by Gasteiger charge is 2.25. The lowest BCUT2D eigenvalue weighted by Gasteiger charge is -2.07. The van der Waals surface area contributed by atoms with E-state index in [1.807, 2.05) is 117 Å².